The monoisotopic (exact) mass is 357 g/mol. The van der Waals surface area contributed by atoms with Gasteiger partial charge in [0.2, 0.25) is 0 Å². The molecule has 0 aliphatic carbocycles. The minimum atomic E-state index is -0.878. The number of aromatic nitrogens is 2. The van der Waals surface area contributed by atoms with E-state index in [-0.39, 0.29) is 18.4 Å². The molecule has 0 spiro atoms. The summed E-state index contributed by atoms with van der Waals surface area (Å²) in [5, 5.41) is 16.4. The van der Waals surface area contributed by atoms with Crippen molar-refractivity contribution in [3.05, 3.63) is 53.9 Å². The lowest BCUT2D eigenvalue weighted by atomic mass is 9.86. The molecule has 26 heavy (non-hydrogen) atoms. The maximum absolute atomic E-state index is 12.3. The van der Waals surface area contributed by atoms with Crippen molar-refractivity contribution in [2.24, 2.45) is 11.8 Å². The van der Waals surface area contributed by atoms with E-state index in [4.69, 9.17) is 4.74 Å². The summed E-state index contributed by atoms with van der Waals surface area (Å²) in [6, 6.07) is 9.84. The molecule has 1 saturated heterocycles. The summed E-state index contributed by atoms with van der Waals surface area (Å²) >= 11 is 0. The van der Waals surface area contributed by atoms with Crippen LogP contribution in [0.3, 0.4) is 0 Å². The van der Waals surface area contributed by atoms with E-state index in [0.717, 1.165) is 5.56 Å². The standard InChI is InChI=1S/C19H23N3O4/c23-18(20-11-17(19(24)25)15-6-8-26-9-7-15)16-10-21-22(13-16)12-14-4-2-1-3-5-14/h1-5,10,13,15,17H,6-9,11-12H2,(H,20,23)(H,24,25). The number of carboxylic acid groups (broad SMARTS) is 1. The van der Waals surface area contributed by atoms with E-state index in [0.29, 0.717) is 38.2 Å². The first-order valence-corrected chi connectivity index (χ1v) is 8.78. The predicted molar refractivity (Wildman–Crippen MR) is 94.8 cm³/mol. The summed E-state index contributed by atoms with van der Waals surface area (Å²) in [4.78, 5) is 23.9. The van der Waals surface area contributed by atoms with Crippen LogP contribution < -0.4 is 5.32 Å². The molecular weight excluding hydrogens is 334 g/mol. The fraction of sp³-hybridized carbons (Fsp3) is 0.421. The molecule has 1 aliphatic rings. The smallest absolute Gasteiger partial charge is 0.308 e. The summed E-state index contributed by atoms with van der Waals surface area (Å²) in [5.41, 5.74) is 1.52. The molecule has 1 aromatic carbocycles. The van der Waals surface area contributed by atoms with E-state index < -0.39 is 11.9 Å². The highest BCUT2D eigenvalue weighted by Crippen LogP contribution is 2.23. The largest absolute Gasteiger partial charge is 0.481 e. The number of carbonyl (C=O) groups excluding carboxylic acids is 1. The maximum atomic E-state index is 12.3. The quantitative estimate of drug-likeness (QED) is 0.788. The molecule has 0 bridgehead atoms. The zero-order valence-electron chi connectivity index (χ0n) is 14.5. The van der Waals surface area contributed by atoms with Gasteiger partial charge in [-0.2, -0.15) is 5.10 Å². The minimum absolute atomic E-state index is 0.0300. The summed E-state index contributed by atoms with van der Waals surface area (Å²) in [6.07, 6.45) is 4.60. The first-order valence-electron chi connectivity index (χ1n) is 8.78. The summed E-state index contributed by atoms with van der Waals surface area (Å²) in [5.74, 6) is -1.75. The average Bonchev–Trinajstić information content (AvgIpc) is 3.12. The van der Waals surface area contributed by atoms with E-state index in [9.17, 15) is 14.7 Å². The van der Waals surface area contributed by atoms with E-state index in [1.54, 1.807) is 10.9 Å². The molecule has 2 aromatic rings. The van der Waals surface area contributed by atoms with Gasteiger partial charge in [0.1, 0.15) is 0 Å². The number of carbonyl (C=O) groups is 2. The van der Waals surface area contributed by atoms with Gasteiger partial charge >= 0.3 is 5.97 Å². The number of carboxylic acids is 1. The number of hydrogen-bond donors (Lipinski definition) is 2. The van der Waals surface area contributed by atoms with Crippen LogP contribution in [0.5, 0.6) is 0 Å². The highest BCUT2D eigenvalue weighted by atomic mass is 16.5. The number of rotatable bonds is 7. The first kappa shape index (κ1) is 18.1. The van der Waals surface area contributed by atoms with Gasteiger partial charge in [-0.1, -0.05) is 30.3 Å². The first-order chi connectivity index (χ1) is 12.6. The van der Waals surface area contributed by atoms with E-state index >= 15 is 0 Å². The second kappa shape index (κ2) is 8.62. The van der Waals surface area contributed by atoms with Crippen LogP contribution >= 0.6 is 0 Å². The topological polar surface area (TPSA) is 93.5 Å². The van der Waals surface area contributed by atoms with Gasteiger partial charge in [0.05, 0.1) is 24.2 Å². The number of nitrogens with one attached hydrogen (secondary N) is 1. The van der Waals surface area contributed by atoms with Crippen LogP contribution in [0.25, 0.3) is 0 Å². The molecule has 1 unspecified atom stereocenters. The third kappa shape index (κ3) is 4.70. The van der Waals surface area contributed by atoms with Crippen LogP contribution in [0.2, 0.25) is 0 Å². The lowest BCUT2D eigenvalue weighted by Crippen LogP contribution is -2.38. The number of benzene rings is 1. The van der Waals surface area contributed by atoms with Gasteiger partial charge in [-0.3, -0.25) is 14.3 Å². The van der Waals surface area contributed by atoms with Crippen LogP contribution in [0.4, 0.5) is 0 Å². The molecule has 138 valence electrons. The Morgan fingerprint density at radius 1 is 1.27 bits per heavy atom. The van der Waals surface area contributed by atoms with Gasteiger partial charge < -0.3 is 15.2 Å². The van der Waals surface area contributed by atoms with Crippen molar-refractivity contribution in [3.8, 4) is 0 Å². The molecule has 7 heteroatoms. The van der Waals surface area contributed by atoms with Crippen LogP contribution in [-0.4, -0.2) is 46.5 Å². The molecule has 1 amide bonds. The summed E-state index contributed by atoms with van der Waals surface area (Å²) < 4.78 is 6.98. The van der Waals surface area contributed by atoms with Crippen LogP contribution in [-0.2, 0) is 16.1 Å². The number of aliphatic carboxylic acids is 1. The van der Waals surface area contributed by atoms with Gasteiger partial charge in [0.25, 0.3) is 5.91 Å². The van der Waals surface area contributed by atoms with Crippen molar-refractivity contribution < 1.29 is 19.4 Å². The molecule has 1 fully saturated rings. The SMILES string of the molecule is O=C(NCC(C(=O)O)C1CCOCC1)c1cnn(Cc2ccccc2)c1. The molecule has 7 nitrogen and oxygen atoms in total. The van der Waals surface area contributed by atoms with Crippen molar-refractivity contribution >= 4 is 11.9 Å². The zero-order valence-corrected chi connectivity index (χ0v) is 14.5. The Morgan fingerprint density at radius 3 is 2.69 bits per heavy atom. The minimum Gasteiger partial charge on any atom is -0.481 e. The third-order valence-electron chi connectivity index (χ3n) is 4.72. The lowest BCUT2D eigenvalue weighted by molar-refractivity contribution is -0.144. The molecule has 3 rings (SSSR count). The number of nitrogens with zero attached hydrogens (tertiary/aromatic N) is 2. The second-order valence-electron chi connectivity index (χ2n) is 6.52. The van der Waals surface area contributed by atoms with Crippen LogP contribution in [0.15, 0.2) is 42.7 Å². The highest BCUT2D eigenvalue weighted by molar-refractivity contribution is 5.93. The lowest BCUT2D eigenvalue weighted by Gasteiger charge is -2.27. The molecule has 0 radical (unpaired) electrons. The molecule has 1 atom stereocenters. The van der Waals surface area contributed by atoms with Crippen molar-refractivity contribution in [1.82, 2.24) is 15.1 Å². The Balaban J connectivity index is 1.56. The van der Waals surface area contributed by atoms with Crippen molar-refractivity contribution in [1.29, 1.82) is 0 Å². The van der Waals surface area contributed by atoms with Gasteiger partial charge in [-0.25, -0.2) is 0 Å². The van der Waals surface area contributed by atoms with E-state index in [1.807, 2.05) is 30.3 Å². The Hall–Kier alpha value is -2.67. The van der Waals surface area contributed by atoms with Crippen LogP contribution in [0, 0.1) is 11.8 Å². The Kier molecular flexibility index (Phi) is 6.01. The maximum Gasteiger partial charge on any atom is 0.308 e. The van der Waals surface area contributed by atoms with Crippen LogP contribution in [0.1, 0.15) is 28.8 Å². The molecule has 1 aliphatic heterocycles. The predicted octanol–water partition coefficient (Wildman–Crippen LogP) is 1.79. The molecule has 2 N–H and O–H groups in total. The van der Waals surface area contributed by atoms with Gasteiger partial charge in [-0.15, -0.1) is 0 Å². The molecule has 0 saturated carbocycles. The third-order valence-corrected chi connectivity index (χ3v) is 4.72. The fourth-order valence-corrected chi connectivity index (χ4v) is 3.22. The van der Waals surface area contributed by atoms with Crippen molar-refractivity contribution in [2.75, 3.05) is 19.8 Å². The van der Waals surface area contributed by atoms with E-state index in [2.05, 4.69) is 10.4 Å². The van der Waals surface area contributed by atoms with Gasteiger partial charge in [0, 0.05) is 26.0 Å². The fourth-order valence-electron chi connectivity index (χ4n) is 3.22. The average molecular weight is 357 g/mol. The highest BCUT2D eigenvalue weighted by Gasteiger charge is 2.30. The van der Waals surface area contributed by atoms with Crippen molar-refractivity contribution in [3.63, 3.8) is 0 Å². The van der Waals surface area contributed by atoms with Crippen molar-refractivity contribution in [2.45, 2.75) is 19.4 Å². The Labute approximate surface area is 152 Å². The van der Waals surface area contributed by atoms with Gasteiger partial charge in [0.15, 0.2) is 0 Å². The number of hydrogen-bond acceptors (Lipinski definition) is 4. The molecular formula is C19H23N3O4. The normalized spacial score (nSPS) is 16.2. The zero-order chi connectivity index (χ0) is 18.4. The Bertz CT molecular complexity index is 738. The number of ether oxygens (including phenoxy) is 1. The number of amides is 1. The molecule has 2 heterocycles. The Morgan fingerprint density at radius 2 is 2.00 bits per heavy atom. The molecule has 1 aromatic heterocycles. The summed E-state index contributed by atoms with van der Waals surface area (Å²) in [7, 11) is 0. The van der Waals surface area contributed by atoms with Gasteiger partial charge in [-0.05, 0) is 24.3 Å². The summed E-state index contributed by atoms with van der Waals surface area (Å²) in [6.45, 7) is 1.85. The van der Waals surface area contributed by atoms with E-state index in [1.165, 1.54) is 6.20 Å². The second-order valence-corrected chi connectivity index (χ2v) is 6.52.